The van der Waals surface area contributed by atoms with Gasteiger partial charge in [0.05, 0.1) is 54.4 Å². The predicted molar refractivity (Wildman–Crippen MR) is 218 cm³/mol. The summed E-state index contributed by atoms with van der Waals surface area (Å²) in [4.78, 5) is 0. The van der Waals surface area contributed by atoms with Crippen LogP contribution in [0.25, 0.3) is 10.8 Å². The van der Waals surface area contributed by atoms with Crippen molar-refractivity contribution in [2.75, 3.05) is 12.5 Å². The standard InChI is InChI=1S/C32H12BF24.C13H15OS/c34-25(35,36)13-1-14(26(37,38)39)6-21(5-13)33(22-7-15(27(40,41)42)2-16(8-22)28(43,44)45,23-9-17(29(46,47)48)3-18(10-23)30(49,50)51)24-11-19(31(52,53)54)4-20(12-24)32(55,56)57;1-15(2,14)10-11-7-8-12-5-3-4-6-13(12)9-11/h1-12H;3-9H,10H2,1-2H3/q-1;+1. The van der Waals surface area contributed by atoms with Gasteiger partial charge in [-0.1, -0.05) is 84.9 Å². The Labute approximate surface area is 390 Å². The highest BCUT2D eigenvalue weighted by Crippen LogP contribution is 2.41. The lowest BCUT2D eigenvalue weighted by Crippen LogP contribution is -2.75. The predicted octanol–water partition coefficient (Wildman–Crippen LogP) is 14.3. The van der Waals surface area contributed by atoms with Gasteiger partial charge < -0.3 is 0 Å². The van der Waals surface area contributed by atoms with Crippen LogP contribution in [0.3, 0.4) is 0 Å². The van der Waals surface area contributed by atoms with Gasteiger partial charge >= 0.3 is 49.4 Å². The SMILES string of the molecule is C[S+](C)(=O)Cc1ccc2ccccc2c1.FC(F)(F)c1cc([B-](c2cc(C(F)(F)F)cc(C(F)(F)F)c2)(c2cc(C(F)(F)F)cc(C(F)(F)F)c2)c2cc(C(F)(F)F)cc(C(F)(F)F)c2)cc(C(F)(F)F)c1. The van der Waals surface area contributed by atoms with E-state index in [1.807, 2.05) is 24.6 Å². The molecule has 0 saturated heterocycles. The van der Waals surface area contributed by atoms with Gasteiger partial charge in [0.15, 0.2) is 0 Å². The molecule has 6 aromatic rings. The lowest BCUT2D eigenvalue weighted by Gasteiger charge is -2.46. The normalized spacial score (nSPS) is 13.8. The summed E-state index contributed by atoms with van der Waals surface area (Å²) >= 11 is 0. The fraction of sp³-hybridized carbons (Fsp3) is 0.244. The lowest BCUT2D eigenvalue weighted by molar-refractivity contribution is -0.144. The zero-order chi connectivity index (χ0) is 54.8. The third-order valence-electron chi connectivity index (χ3n) is 10.8. The van der Waals surface area contributed by atoms with E-state index in [1.165, 1.54) is 10.8 Å². The first-order valence-electron chi connectivity index (χ1n) is 19.6. The van der Waals surface area contributed by atoms with Crippen molar-refractivity contribution in [2.24, 2.45) is 0 Å². The fourth-order valence-electron chi connectivity index (χ4n) is 7.80. The number of fused-ring (bicyclic) bond motifs is 1. The van der Waals surface area contributed by atoms with E-state index in [0.717, 1.165) is 5.56 Å². The molecule has 0 heterocycles. The summed E-state index contributed by atoms with van der Waals surface area (Å²) in [5.74, 6) is 0.665. The third kappa shape index (κ3) is 13.2. The molecule has 0 spiro atoms. The molecular weight excluding hydrogens is 1060 g/mol. The molecule has 0 aliphatic carbocycles. The maximum Gasteiger partial charge on any atom is 0.416 e. The van der Waals surface area contributed by atoms with Gasteiger partial charge in [0.25, 0.3) is 0 Å². The molecule has 6 rings (SSSR count). The van der Waals surface area contributed by atoms with Crippen LogP contribution in [0.4, 0.5) is 105 Å². The Morgan fingerprint density at radius 1 is 0.319 bits per heavy atom. The zero-order valence-corrected chi connectivity index (χ0v) is 36.5. The summed E-state index contributed by atoms with van der Waals surface area (Å²) in [7, 11) is -1.70. The van der Waals surface area contributed by atoms with Crippen molar-refractivity contribution in [2.45, 2.75) is 55.2 Å². The van der Waals surface area contributed by atoms with Gasteiger partial charge in [-0.25, -0.2) is 0 Å². The van der Waals surface area contributed by atoms with Crippen molar-refractivity contribution in [3.8, 4) is 0 Å². The van der Waals surface area contributed by atoms with Crippen molar-refractivity contribution in [1.82, 2.24) is 0 Å². The van der Waals surface area contributed by atoms with E-state index in [4.69, 9.17) is 0 Å². The van der Waals surface area contributed by atoms with Crippen LogP contribution in [-0.2, 0) is 69.3 Å². The van der Waals surface area contributed by atoms with Gasteiger partial charge in [-0.3, -0.25) is 0 Å². The zero-order valence-electron chi connectivity index (χ0n) is 35.6. The van der Waals surface area contributed by atoms with Gasteiger partial charge in [0.2, 0.25) is 0 Å². The largest absolute Gasteiger partial charge is 0.416 e. The van der Waals surface area contributed by atoms with Gasteiger partial charge in [-0.05, 0) is 41.1 Å². The van der Waals surface area contributed by atoms with Crippen molar-refractivity contribution in [1.29, 1.82) is 0 Å². The Morgan fingerprint density at radius 2 is 0.542 bits per heavy atom. The molecule has 72 heavy (non-hydrogen) atoms. The smallest absolute Gasteiger partial charge is 0.194 e. The Morgan fingerprint density at radius 3 is 0.750 bits per heavy atom. The van der Waals surface area contributed by atoms with E-state index in [2.05, 4.69) is 30.3 Å². The number of rotatable bonds is 6. The van der Waals surface area contributed by atoms with Crippen LogP contribution in [0.2, 0.25) is 0 Å². The second kappa shape index (κ2) is 18.9. The molecule has 0 aromatic heterocycles. The maximum atomic E-state index is 14.2. The topological polar surface area (TPSA) is 17.1 Å². The van der Waals surface area contributed by atoms with E-state index >= 15 is 0 Å². The summed E-state index contributed by atoms with van der Waals surface area (Å²) in [5, 5.41) is 2.46. The quantitative estimate of drug-likeness (QED) is 0.0923. The molecule has 27 heteroatoms. The molecule has 0 bridgehead atoms. The van der Waals surface area contributed by atoms with Gasteiger partial charge in [-0.2, -0.15) is 127 Å². The molecule has 0 saturated carbocycles. The van der Waals surface area contributed by atoms with Gasteiger partial charge in [0.1, 0.15) is 24.4 Å². The summed E-state index contributed by atoms with van der Waals surface area (Å²) in [5.41, 5.74) is -29.0. The molecule has 6 aromatic carbocycles. The van der Waals surface area contributed by atoms with Crippen molar-refractivity contribution in [3.63, 3.8) is 0 Å². The van der Waals surface area contributed by atoms with E-state index in [-0.39, 0.29) is 0 Å². The highest BCUT2D eigenvalue weighted by molar-refractivity contribution is 8.00. The maximum absolute atomic E-state index is 14.2. The summed E-state index contributed by atoms with van der Waals surface area (Å²) in [6.07, 6.45) is -51.2. The molecule has 0 N–H and O–H groups in total. The average Bonchev–Trinajstić information content (AvgIpc) is 3.21. The number of hydrogen-bond acceptors (Lipinski definition) is 1. The molecule has 0 atom stereocenters. The van der Waals surface area contributed by atoms with E-state index in [1.54, 1.807) is 0 Å². The van der Waals surface area contributed by atoms with E-state index < -0.39 is 205 Å². The van der Waals surface area contributed by atoms with E-state index in [0.29, 0.717) is 5.75 Å². The Kier molecular flexibility index (Phi) is 14.9. The van der Waals surface area contributed by atoms with E-state index in [9.17, 15) is 110 Å². The molecule has 1 nitrogen and oxygen atoms in total. The molecule has 0 aliphatic heterocycles. The summed E-state index contributed by atoms with van der Waals surface area (Å²) in [6, 6.07) is 5.72. The Balaban J connectivity index is 0.000000542. The Bertz CT molecular complexity index is 2560. The van der Waals surface area contributed by atoms with Crippen LogP contribution in [0.5, 0.6) is 0 Å². The molecule has 0 radical (unpaired) electrons. The van der Waals surface area contributed by atoms with Crippen molar-refractivity contribution < 1.29 is 110 Å². The monoisotopic (exact) mass is 1080 g/mol. The molecular formula is C45H27BF24OS. The minimum absolute atomic E-state index is 0.665. The number of halogens is 24. The third-order valence-corrected chi connectivity index (χ3v) is 11.8. The first-order chi connectivity index (χ1) is 32.3. The van der Waals surface area contributed by atoms with Crippen LogP contribution in [0.1, 0.15) is 50.1 Å². The van der Waals surface area contributed by atoms with Crippen LogP contribution in [-0.4, -0.2) is 18.7 Å². The minimum Gasteiger partial charge on any atom is -0.194 e. The summed E-state index contributed by atoms with van der Waals surface area (Å²) in [6.45, 7) is 0. The minimum atomic E-state index is -6.13. The van der Waals surface area contributed by atoms with Gasteiger partial charge in [0, 0.05) is 5.56 Å². The number of benzene rings is 6. The highest BCUT2D eigenvalue weighted by Gasteiger charge is 2.47. The highest BCUT2D eigenvalue weighted by atomic mass is 32.2. The average molecular weight is 1080 g/mol. The molecule has 0 fully saturated rings. The molecule has 0 aliphatic rings. The van der Waals surface area contributed by atoms with Crippen molar-refractivity contribution in [3.05, 3.63) is 165 Å². The molecule has 390 valence electrons. The first-order valence-corrected chi connectivity index (χ1v) is 22.1. The van der Waals surface area contributed by atoms with Crippen LogP contribution in [0.15, 0.2) is 115 Å². The second-order valence-electron chi connectivity index (χ2n) is 16.5. The Hall–Kier alpha value is -5.89. The fourth-order valence-corrected chi connectivity index (χ4v) is 8.78. The number of hydrogen-bond donors (Lipinski definition) is 0. The van der Waals surface area contributed by atoms with Crippen LogP contribution >= 0.6 is 0 Å². The first kappa shape index (κ1) is 57.0. The summed E-state index contributed by atoms with van der Waals surface area (Å²) < 4.78 is 353. The van der Waals surface area contributed by atoms with Crippen LogP contribution in [0, 0.1) is 0 Å². The molecule has 0 amide bonds. The lowest BCUT2D eigenvalue weighted by atomic mass is 9.12. The number of alkyl halides is 24. The van der Waals surface area contributed by atoms with Gasteiger partial charge in [-0.15, -0.1) is 4.21 Å². The molecule has 0 unspecified atom stereocenters. The van der Waals surface area contributed by atoms with Crippen molar-refractivity contribution >= 4 is 48.7 Å². The van der Waals surface area contributed by atoms with Crippen LogP contribution < -0.4 is 21.9 Å². The second-order valence-corrected chi connectivity index (χ2v) is 19.6.